The van der Waals surface area contributed by atoms with Crippen LogP contribution in [0.2, 0.25) is 0 Å². The number of hydrogen-bond acceptors (Lipinski definition) is 3. The molecule has 1 aliphatic heterocycles. The maximum absolute atomic E-state index is 11.7. The van der Waals surface area contributed by atoms with Crippen molar-refractivity contribution >= 4 is 5.91 Å². The first-order chi connectivity index (χ1) is 9.90. The van der Waals surface area contributed by atoms with Crippen LogP contribution >= 0.6 is 0 Å². The molecule has 1 rings (SSSR count). The molecule has 1 amide bonds. The first-order valence-corrected chi connectivity index (χ1v) is 8.71. The normalized spacial score (nSPS) is 26.5. The Balaban J connectivity index is 2.35. The molecule has 21 heavy (non-hydrogen) atoms. The molecule has 0 saturated carbocycles. The summed E-state index contributed by atoms with van der Waals surface area (Å²) in [5.41, 5.74) is 5.02. The first kappa shape index (κ1) is 18.4. The Hall–Kier alpha value is -0.610. The zero-order valence-corrected chi connectivity index (χ0v) is 14.5. The second-order valence-corrected chi connectivity index (χ2v) is 6.95. The molecule has 1 fully saturated rings. The molecular weight excluding hydrogens is 262 g/mol. The molecule has 3 N–H and O–H groups in total. The van der Waals surface area contributed by atoms with E-state index in [1.54, 1.807) is 0 Å². The highest BCUT2D eigenvalue weighted by Gasteiger charge is 2.30. The number of carbonyl (C=O) groups excluding carboxylic acids is 1. The molecule has 124 valence electrons. The first-order valence-electron chi connectivity index (χ1n) is 8.71. The van der Waals surface area contributed by atoms with Gasteiger partial charge in [0.25, 0.3) is 0 Å². The second-order valence-electron chi connectivity index (χ2n) is 6.95. The Morgan fingerprint density at radius 2 is 1.90 bits per heavy atom. The van der Waals surface area contributed by atoms with Gasteiger partial charge in [-0.25, -0.2) is 0 Å². The molecule has 0 bridgehead atoms. The average Bonchev–Trinajstić information content (AvgIpc) is 2.43. The van der Waals surface area contributed by atoms with Gasteiger partial charge in [0.15, 0.2) is 0 Å². The molecule has 0 aliphatic carbocycles. The Bertz CT molecular complexity index is 311. The van der Waals surface area contributed by atoms with Crippen LogP contribution in [0.15, 0.2) is 0 Å². The van der Waals surface area contributed by atoms with Crippen molar-refractivity contribution < 1.29 is 4.79 Å². The summed E-state index contributed by atoms with van der Waals surface area (Å²) < 4.78 is 0. The number of likely N-dealkylation sites (tertiary alicyclic amines) is 1. The van der Waals surface area contributed by atoms with E-state index in [2.05, 4.69) is 31.0 Å². The van der Waals surface area contributed by atoms with Gasteiger partial charge in [-0.3, -0.25) is 9.69 Å². The largest absolute Gasteiger partial charge is 0.368 e. The van der Waals surface area contributed by atoms with E-state index in [0.29, 0.717) is 12.1 Å². The number of nitrogens with zero attached hydrogens (tertiary/aromatic N) is 1. The standard InChI is InChI=1S/C17H35N3O/c1-5-12-19-17(4,16(18)21)11-6-7-13-20-14(2)9-8-10-15(20)3/h14-15,19H,5-13H2,1-4H3,(H2,18,21)/t14-,15+,17?. The predicted molar refractivity (Wildman–Crippen MR) is 89.2 cm³/mol. The topological polar surface area (TPSA) is 58.4 Å². The predicted octanol–water partition coefficient (Wildman–Crippen LogP) is 2.66. The lowest BCUT2D eigenvalue weighted by Gasteiger charge is -2.39. The van der Waals surface area contributed by atoms with Crippen molar-refractivity contribution in [3.8, 4) is 0 Å². The third-order valence-corrected chi connectivity index (χ3v) is 5.03. The van der Waals surface area contributed by atoms with Crippen molar-refractivity contribution in [3.63, 3.8) is 0 Å². The van der Waals surface area contributed by atoms with Gasteiger partial charge in [0.1, 0.15) is 0 Å². The van der Waals surface area contributed by atoms with Gasteiger partial charge in [0.05, 0.1) is 5.54 Å². The number of nitrogens with one attached hydrogen (secondary N) is 1. The summed E-state index contributed by atoms with van der Waals surface area (Å²) in [6.07, 6.45) is 8.05. The molecule has 4 heteroatoms. The van der Waals surface area contributed by atoms with Gasteiger partial charge in [-0.05, 0) is 72.4 Å². The molecule has 0 aromatic heterocycles. The van der Waals surface area contributed by atoms with Gasteiger partial charge in [0.2, 0.25) is 5.91 Å². The van der Waals surface area contributed by atoms with Crippen molar-refractivity contribution in [3.05, 3.63) is 0 Å². The van der Waals surface area contributed by atoms with Crippen LogP contribution in [0, 0.1) is 0 Å². The summed E-state index contributed by atoms with van der Waals surface area (Å²) >= 11 is 0. The molecule has 1 heterocycles. The number of unbranched alkanes of at least 4 members (excludes halogenated alkanes) is 1. The molecule has 0 aromatic carbocycles. The van der Waals surface area contributed by atoms with Crippen LogP contribution in [0.1, 0.15) is 72.6 Å². The summed E-state index contributed by atoms with van der Waals surface area (Å²) in [5, 5.41) is 3.31. The number of nitrogens with two attached hydrogens (primary N) is 1. The summed E-state index contributed by atoms with van der Waals surface area (Å²) in [4.78, 5) is 14.3. The van der Waals surface area contributed by atoms with Crippen molar-refractivity contribution in [2.75, 3.05) is 13.1 Å². The van der Waals surface area contributed by atoms with E-state index < -0.39 is 5.54 Å². The highest BCUT2D eigenvalue weighted by molar-refractivity contribution is 5.84. The molecule has 1 unspecified atom stereocenters. The number of rotatable bonds is 9. The van der Waals surface area contributed by atoms with Crippen LogP contribution in [0.5, 0.6) is 0 Å². The van der Waals surface area contributed by atoms with E-state index in [1.165, 1.54) is 19.3 Å². The highest BCUT2D eigenvalue weighted by Crippen LogP contribution is 2.23. The highest BCUT2D eigenvalue weighted by atomic mass is 16.1. The zero-order valence-electron chi connectivity index (χ0n) is 14.5. The van der Waals surface area contributed by atoms with Gasteiger partial charge >= 0.3 is 0 Å². The van der Waals surface area contributed by atoms with Crippen molar-refractivity contribution in [2.45, 2.75) is 90.3 Å². The fraction of sp³-hybridized carbons (Fsp3) is 0.941. The second kappa shape index (κ2) is 8.74. The summed E-state index contributed by atoms with van der Waals surface area (Å²) in [6.45, 7) is 10.7. The number of hydrogen-bond donors (Lipinski definition) is 2. The Morgan fingerprint density at radius 1 is 1.29 bits per heavy atom. The van der Waals surface area contributed by atoms with Crippen molar-refractivity contribution in [1.29, 1.82) is 0 Å². The van der Waals surface area contributed by atoms with Crippen molar-refractivity contribution in [1.82, 2.24) is 10.2 Å². The van der Waals surface area contributed by atoms with E-state index in [4.69, 9.17) is 5.73 Å². The SMILES string of the molecule is CCCNC(C)(CCCCN1[C@H](C)CCC[C@@H]1C)C(N)=O. The fourth-order valence-electron chi connectivity index (χ4n) is 3.39. The molecule has 0 spiro atoms. The minimum atomic E-state index is -0.546. The van der Waals surface area contributed by atoms with Gasteiger partial charge in [0, 0.05) is 12.1 Å². The van der Waals surface area contributed by atoms with Gasteiger partial charge < -0.3 is 11.1 Å². The van der Waals surface area contributed by atoms with Gasteiger partial charge in [-0.15, -0.1) is 0 Å². The molecule has 1 saturated heterocycles. The summed E-state index contributed by atoms with van der Waals surface area (Å²) in [5.74, 6) is -0.226. The minimum absolute atomic E-state index is 0.226. The lowest BCUT2D eigenvalue weighted by molar-refractivity contribution is -0.124. The maximum Gasteiger partial charge on any atom is 0.237 e. The van der Waals surface area contributed by atoms with Crippen LogP contribution in [0.3, 0.4) is 0 Å². The van der Waals surface area contributed by atoms with E-state index in [1.807, 2.05) is 6.92 Å². The Morgan fingerprint density at radius 3 is 2.43 bits per heavy atom. The number of amides is 1. The van der Waals surface area contributed by atoms with Crippen LogP contribution in [0.4, 0.5) is 0 Å². The average molecular weight is 297 g/mol. The monoisotopic (exact) mass is 297 g/mol. The third-order valence-electron chi connectivity index (χ3n) is 5.03. The van der Waals surface area contributed by atoms with E-state index in [0.717, 1.165) is 38.8 Å². The minimum Gasteiger partial charge on any atom is -0.368 e. The molecule has 3 atom stereocenters. The smallest absolute Gasteiger partial charge is 0.237 e. The molecule has 0 aromatic rings. The third kappa shape index (κ3) is 5.59. The Labute approximate surface area is 130 Å². The van der Waals surface area contributed by atoms with Gasteiger partial charge in [-0.2, -0.15) is 0 Å². The van der Waals surface area contributed by atoms with Crippen molar-refractivity contribution in [2.24, 2.45) is 5.73 Å². The van der Waals surface area contributed by atoms with Crippen LogP contribution < -0.4 is 11.1 Å². The molecule has 0 radical (unpaired) electrons. The summed E-state index contributed by atoms with van der Waals surface area (Å²) in [7, 11) is 0. The van der Waals surface area contributed by atoms with E-state index >= 15 is 0 Å². The molecular formula is C17H35N3O. The summed E-state index contributed by atoms with van der Waals surface area (Å²) in [6, 6.07) is 1.41. The molecule has 1 aliphatic rings. The lowest BCUT2D eigenvalue weighted by Crippen LogP contribution is -2.53. The zero-order chi connectivity index (χ0) is 15.9. The number of piperidine rings is 1. The lowest BCUT2D eigenvalue weighted by atomic mass is 9.92. The van der Waals surface area contributed by atoms with Crippen LogP contribution in [-0.4, -0.2) is 41.5 Å². The molecule has 4 nitrogen and oxygen atoms in total. The maximum atomic E-state index is 11.7. The number of carbonyl (C=O) groups is 1. The van der Waals surface area contributed by atoms with Gasteiger partial charge in [-0.1, -0.05) is 13.3 Å². The number of primary amides is 1. The van der Waals surface area contributed by atoms with Crippen LogP contribution in [-0.2, 0) is 4.79 Å². The van der Waals surface area contributed by atoms with E-state index in [9.17, 15) is 4.79 Å². The van der Waals surface area contributed by atoms with Crippen LogP contribution in [0.25, 0.3) is 0 Å². The van der Waals surface area contributed by atoms with E-state index in [-0.39, 0.29) is 5.91 Å². The fourth-order valence-corrected chi connectivity index (χ4v) is 3.39. The quantitative estimate of drug-likeness (QED) is 0.643. The Kier molecular flexibility index (Phi) is 7.67.